The van der Waals surface area contributed by atoms with Gasteiger partial charge in [-0.25, -0.2) is 9.78 Å². The number of carboxylic acids is 1. The number of nitrogens with one attached hydrogen (secondary N) is 1. The van der Waals surface area contributed by atoms with Crippen molar-refractivity contribution in [1.82, 2.24) is 4.98 Å². The van der Waals surface area contributed by atoms with E-state index in [9.17, 15) is 4.79 Å². The van der Waals surface area contributed by atoms with E-state index < -0.39 is 5.97 Å². The molecule has 0 saturated heterocycles. The molecule has 1 heterocycles. The topological polar surface area (TPSA) is 88.2 Å². The van der Waals surface area contributed by atoms with Crippen LogP contribution < -0.4 is 11.1 Å². The average Bonchev–Trinajstić information content (AvgIpc) is 2.34. The van der Waals surface area contributed by atoms with Gasteiger partial charge in [-0.05, 0) is 30.3 Å². The van der Waals surface area contributed by atoms with Crippen molar-refractivity contribution in [3.8, 4) is 0 Å². The lowest BCUT2D eigenvalue weighted by molar-refractivity contribution is 0.0696. The molecule has 0 bridgehead atoms. The molecule has 0 aliphatic rings. The largest absolute Gasteiger partial charge is 0.478 e. The Hall–Kier alpha value is -2.27. The van der Waals surface area contributed by atoms with Gasteiger partial charge in [0, 0.05) is 16.9 Å². The SMILES string of the molecule is Nc1cc(C(=O)O)cnc1Nc1ccc(Cl)cc1. The van der Waals surface area contributed by atoms with Crippen LogP contribution in [0.15, 0.2) is 36.5 Å². The number of nitrogen functional groups attached to an aromatic ring is 1. The number of nitrogens with two attached hydrogens (primary N) is 1. The number of anilines is 3. The maximum Gasteiger partial charge on any atom is 0.337 e. The van der Waals surface area contributed by atoms with Crippen LogP contribution in [0.25, 0.3) is 0 Å². The van der Waals surface area contributed by atoms with Crippen molar-refractivity contribution < 1.29 is 9.90 Å². The summed E-state index contributed by atoms with van der Waals surface area (Å²) in [5.74, 6) is -0.658. The molecule has 0 radical (unpaired) electrons. The monoisotopic (exact) mass is 263 g/mol. The number of pyridine rings is 1. The van der Waals surface area contributed by atoms with Crippen LogP contribution in [0.1, 0.15) is 10.4 Å². The Bertz CT molecular complexity index is 584. The number of nitrogens with zero attached hydrogens (tertiary/aromatic N) is 1. The van der Waals surface area contributed by atoms with Crippen LogP contribution in [-0.2, 0) is 0 Å². The van der Waals surface area contributed by atoms with E-state index in [1.54, 1.807) is 24.3 Å². The Morgan fingerprint density at radius 1 is 1.33 bits per heavy atom. The van der Waals surface area contributed by atoms with Crippen molar-refractivity contribution in [1.29, 1.82) is 0 Å². The second-order valence-electron chi connectivity index (χ2n) is 3.60. The molecule has 6 heteroatoms. The minimum atomic E-state index is -1.06. The molecule has 18 heavy (non-hydrogen) atoms. The molecule has 5 nitrogen and oxygen atoms in total. The minimum absolute atomic E-state index is 0.0501. The van der Waals surface area contributed by atoms with Crippen molar-refractivity contribution in [3.05, 3.63) is 47.1 Å². The maximum atomic E-state index is 10.7. The molecular formula is C12H10ClN3O2. The van der Waals surface area contributed by atoms with Gasteiger partial charge in [0.15, 0.2) is 5.82 Å². The van der Waals surface area contributed by atoms with E-state index in [1.165, 1.54) is 12.3 Å². The van der Waals surface area contributed by atoms with E-state index >= 15 is 0 Å². The normalized spacial score (nSPS) is 10.1. The predicted molar refractivity (Wildman–Crippen MR) is 70.3 cm³/mol. The number of halogens is 1. The lowest BCUT2D eigenvalue weighted by atomic mass is 10.2. The second kappa shape index (κ2) is 4.93. The minimum Gasteiger partial charge on any atom is -0.478 e. The zero-order valence-electron chi connectivity index (χ0n) is 9.22. The van der Waals surface area contributed by atoms with E-state index in [-0.39, 0.29) is 11.3 Å². The van der Waals surface area contributed by atoms with Crippen LogP contribution in [0.2, 0.25) is 5.02 Å². The average molecular weight is 264 g/mol. The highest BCUT2D eigenvalue weighted by atomic mass is 35.5. The third-order valence-electron chi connectivity index (χ3n) is 2.27. The van der Waals surface area contributed by atoms with Crippen LogP contribution in [0.3, 0.4) is 0 Å². The van der Waals surface area contributed by atoms with Gasteiger partial charge in [0.05, 0.1) is 11.3 Å². The Morgan fingerprint density at radius 2 is 2.00 bits per heavy atom. The van der Waals surface area contributed by atoms with E-state index in [1.807, 2.05) is 0 Å². The van der Waals surface area contributed by atoms with Crippen molar-refractivity contribution in [2.45, 2.75) is 0 Å². The van der Waals surface area contributed by atoms with Crippen LogP contribution >= 0.6 is 11.6 Å². The quantitative estimate of drug-likeness (QED) is 0.792. The summed E-state index contributed by atoms with van der Waals surface area (Å²) < 4.78 is 0. The van der Waals surface area contributed by atoms with Crippen LogP contribution in [0, 0.1) is 0 Å². The Kier molecular flexibility index (Phi) is 3.34. The van der Waals surface area contributed by atoms with Gasteiger partial charge >= 0.3 is 5.97 Å². The highest BCUT2D eigenvalue weighted by molar-refractivity contribution is 6.30. The fourth-order valence-corrected chi connectivity index (χ4v) is 1.50. The van der Waals surface area contributed by atoms with E-state index in [0.717, 1.165) is 5.69 Å². The molecule has 0 unspecified atom stereocenters. The molecular weight excluding hydrogens is 254 g/mol. The molecule has 0 amide bonds. The number of aromatic nitrogens is 1. The first-order valence-corrected chi connectivity index (χ1v) is 5.45. The molecule has 4 N–H and O–H groups in total. The fraction of sp³-hybridized carbons (Fsp3) is 0. The molecule has 0 atom stereocenters. The van der Waals surface area contributed by atoms with Gasteiger partial charge < -0.3 is 16.2 Å². The third-order valence-corrected chi connectivity index (χ3v) is 2.52. The highest BCUT2D eigenvalue weighted by Gasteiger charge is 2.07. The molecule has 2 rings (SSSR count). The van der Waals surface area contributed by atoms with Crippen LogP contribution in [0.5, 0.6) is 0 Å². The standard InChI is InChI=1S/C12H10ClN3O2/c13-8-1-3-9(4-2-8)16-11-10(14)5-7(6-15-11)12(17)18/h1-6H,14H2,(H,15,16)(H,17,18). The first-order valence-electron chi connectivity index (χ1n) is 5.07. The maximum absolute atomic E-state index is 10.7. The van der Waals surface area contributed by atoms with Crippen molar-refractivity contribution in [2.24, 2.45) is 0 Å². The number of aromatic carboxylic acids is 1. The highest BCUT2D eigenvalue weighted by Crippen LogP contribution is 2.22. The summed E-state index contributed by atoms with van der Waals surface area (Å²) in [7, 11) is 0. The fourth-order valence-electron chi connectivity index (χ4n) is 1.37. The molecule has 0 aliphatic heterocycles. The lowest BCUT2D eigenvalue weighted by Gasteiger charge is -2.08. The van der Waals surface area contributed by atoms with Gasteiger partial charge in [0.25, 0.3) is 0 Å². The number of rotatable bonds is 3. The summed E-state index contributed by atoms with van der Waals surface area (Å²) >= 11 is 5.77. The summed E-state index contributed by atoms with van der Waals surface area (Å²) in [5.41, 5.74) is 6.81. The predicted octanol–water partition coefficient (Wildman–Crippen LogP) is 2.76. The zero-order chi connectivity index (χ0) is 13.1. The Labute approximate surface area is 108 Å². The molecule has 1 aromatic heterocycles. The lowest BCUT2D eigenvalue weighted by Crippen LogP contribution is -2.03. The number of hydrogen-bond donors (Lipinski definition) is 3. The molecule has 1 aromatic carbocycles. The van der Waals surface area contributed by atoms with Crippen LogP contribution in [0.4, 0.5) is 17.2 Å². The third kappa shape index (κ3) is 2.70. The molecule has 0 fully saturated rings. The van der Waals surface area contributed by atoms with Gasteiger partial charge in [-0.2, -0.15) is 0 Å². The number of hydrogen-bond acceptors (Lipinski definition) is 4. The number of benzene rings is 1. The van der Waals surface area contributed by atoms with Gasteiger partial charge in [0.1, 0.15) is 0 Å². The first-order chi connectivity index (χ1) is 8.56. The van der Waals surface area contributed by atoms with Crippen molar-refractivity contribution in [2.75, 3.05) is 11.1 Å². The molecule has 92 valence electrons. The number of carboxylic acid groups (broad SMARTS) is 1. The smallest absolute Gasteiger partial charge is 0.337 e. The van der Waals surface area contributed by atoms with Gasteiger partial charge in [-0.15, -0.1) is 0 Å². The summed E-state index contributed by atoms with van der Waals surface area (Å²) in [6.45, 7) is 0. The van der Waals surface area contributed by atoms with E-state index in [0.29, 0.717) is 10.8 Å². The summed E-state index contributed by atoms with van der Waals surface area (Å²) in [5, 5.41) is 12.4. The zero-order valence-corrected chi connectivity index (χ0v) is 9.98. The van der Waals surface area contributed by atoms with Crippen LogP contribution in [-0.4, -0.2) is 16.1 Å². The van der Waals surface area contributed by atoms with Gasteiger partial charge in [-0.1, -0.05) is 11.6 Å². The number of carbonyl (C=O) groups is 1. The Balaban J connectivity index is 2.24. The van der Waals surface area contributed by atoms with Gasteiger partial charge in [0.2, 0.25) is 0 Å². The van der Waals surface area contributed by atoms with E-state index in [4.69, 9.17) is 22.4 Å². The second-order valence-corrected chi connectivity index (χ2v) is 4.04. The molecule has 2 aromatic rings. The van der Waals surface area contributed by atoms with Crippen molar-refractivity contribution in [3.63, 3.8) is 0 Å². The van der Waals surface area contributed by atoms with E-state index in [2.05, 4.69) is 10.3 Å². The summed E-state index contributed by atoms with van der Waals surface area (Å²) in [4.78, 5) is 14.7. The van der Waals surface area contributed by atoms with Crippen molar-refractivity contribution >= 4 is 34.8 Å². The molecule has 0 aliphatic carbocycles. The summed E-state index contributed by atoms with van der Waals surface area (Å²) in [6.07, 6.45) is 1.25. The van der Waals surface area contributed by atoms with Gasteiger partial charge in [-0.3, -0.25) is 0 Å². The summed E-state index contributed by atoms with van der Waals surface area (Å²) in [6, 6.07) is 8.36. The first kappa shape index (κ1) is 12.2. The molecule has 0 saturated carbocycles. The Morgan fingerprint density at radius 3 is 2.56 bits per heavy atom. The molecule has 0 spiro atoms.